The van der Waals surface area contributed by atoms with Gasteiger partial charge in [0.2, 0.25) is 0 Å². The van der Waals surface area contributed by atoms with Crippen LogP contribution in [0.25, 0.3) is 0 Å². The van der Waals surface area contributed by atoms with E-state index < -0.39 is 0 Å². The van der Waals surface area contributed by atoms with Crippen molar-refractivity contribution in [1.82, 2.24) is 0 Å². The van der Waals surface area contributed by atoms with Crippen molar-refractivity contribution in [2.24, 2.45) is 11.1 Å². The molecule has 1 rings (SSSR count). The number of hydrogen-bond donors (Lipinski definition) is 1. The number of nitrogens with zero attached hydrogens (tertiary/aromatic N) is 1. The molecule has 0 fully saturated rings. The van der Waals surface area contributed by atoms with Gasteiger partial charge in [-0.1, -0.05) is 25.4 Å². The first-order valence-electron chi connectivity index (χ1n) is 5.72. The Morgan fingerprint density at radius 3 is 2.65 bits per heavy atom. The fourth-order valence-electron chi connectivity index (χ4n) is 1.47. The fourth-order valence-corrected chi connectivity index (χ4v) is 1.64. The Balaban J connectivity index is 2.70. The summed E-state index contributed by atoms with van der Waals surface area (Å²) < 4.78 is 13.6. The first kappa shape index (κ1) is 14.3. The van der Waals surface area contributed by atoms with Gasteiger partial charge < -0.3 is 10.6 Å². The lowest BCUT2D eigenvalue weighted by Crippen LogP contribution is -2.30. The summed E-state index contributed by atoms with van der Waals surface area (Å²) in [6.45, 7) is 5.59. The molecule has 4 heteroatoms. The highest BCUT2D eigenvalue weighted by Gasteiger charge is 2.17. The predicted molar refractivity (Wildman–Crippen MR) is 72.1 cm³/mol. The van der Waals surface area contributed by atoms with Gasteiger partial charge in [0.25, 0.3) is 0 Å². The minimum Gasteiger partial charge on any atom is -0.372 e. The summed E-state index contributed by atoms with van der Waals surface area (Å²) in [6.07, 6.45) is 0.909. The second-order valence-corrected chi connectivity index (χ2v) is 5.57. The first-order chi connectivity index (χ1) is 7.85. The van der Waals surface area contributed by atoms with E-state index in [9.17, 15) is 4.39 Å². The molecule has 0 bridgehead atoms. The van der Waals surface area contributed by atoms with Crippen LogP contribution in [-0.4, -0.2) is 20.1 Å². The second-order valence-electron chi connectivity index (χ2n) is 5.14. The fraction of sp³-hybridized carbons (Fsp3) is 0.538. The third-order valence-electron chi connectivity index (χ3n) is 3.00. The lowest BCUT2D eigenvalue weighted by molar-refractivity contribution is 0.351. The molecule has 0 aliphatic rings. The highest BCUT2D eigenvalue weighted by molar-refractivity contribution is 6.30. The zero-order valence-electron chi connectivity index (χ0n) is 10.6. The molecular weight excluding hydrogens is 239 g/mol. The van der Waals surface area contributed by atoms with Crippen LogP contribution in [0.3, 0.4) is 0 Å². The molecule has 0 heterocycles. The van der Waals surface area contributed by atoms with Crippen LogP contribution in [0.5, 0.6) is 0 Å². The summed E-state index contributed by atoms with van der Waals surface area (Å²) >= 11 is 5.86. The van der Waals surface area contributed by atoms with Crippen LogP contribution < -0.4 is 10.6 Å². The Hall–Kier alpha value is -0.800. The van der Waals surface area contributed by atoms with Gasteiger partial charge in [-0.05, 0) is 36.6 Å². The molecule has 17 heavy (non-hydrogen) atoms. The first-order valence-corrected chi connectivity index (χ1v) is 6.10. The molecule has 0 unspecified atom stereocenters. The quantitative estimate of drug-likeness (QED) is 0.878. The molecule has 1 aromatic carbocycles. The van der Waals surface area contributed by atoms with Gasteiger partial charge in [-0.15, -0.1) is 0 Å². The normalized spacial score (nSPS) is 11.6. The molecule has 0 radical (unpaired) electrons. The monoisotopic (exact) mass is 258 g/mol. The van der Waals surface area contributed by atoms with E-state index in [4.69, 9.17) is 17.3 Å². The summed E-state index contributed by atoms with van der Waals surface area (Å²) in [5, 5.41) is 0.548. The van der Waals surface area contributed by atoms with Crippen LogP contribution in [0, 0.1) is 11.2 Å². The maximum atomic E-state index is 13.6. The van der Waals surface area contributed by atoms with E-state index in [0.717, 1.165) is 13.0 Å². The van der Waals surface area contributed by atoms with E-state index in [-0.39, 0.29) is 11.2 Å². The third-order valence-corrected chi connectivity index (χ3v) is 3.23. The van der Waals surface area contributed by atoms with Gasteiger partial charge in [-0.3, -0.25) is 0 Å². The molecule has 0 spiro atoms. The zero-order chi connectivity index (χ0) is 13.1. The topological polar surface area (TPSA) is 29.3 Å². The van der Waals surface area contributed by atoms with E-state index in [1.54, 1.807) is 12.1 Å². The number of benzene rings is 1. The Morgan fingerprint density at radius 2 is 2.06 bits per heavy atom. The molecule has 0 aliphatic carbocycles. The largest absolute Gasteiger partial charge is 0.372 e. The van der Waals surface area contributed by atoms with E-state index >= 15 is 0 Å². The van der Waals surface area contributed by atoms with Crippen LogP contribution in [0.2, 0.25) is 5.02 Å². The van der Waals surface area contributed by atoms with Gasteiger partial charge in [0.15, 0.2) is 0 Å². The molecule has 2 nitrogen and oxygen atoms in total. The van der Waals surface area contributed by atoms with Gasteiger partial charge in [0, 0.05) is 18.6 Å². The Morgan fingerprint density at radius 1 is 1.41 bits per heavy atom. The van der Waals surface area contributed by atoms with Crippen molar-refractivity contribution in [2.75, 3.05) is 25.0 Å². The Kier molecular flexibility index (Phi) is 4.78. The van der Waals surface area contributed by atoms with Crippen molar-refractivity contribution >= 4 is 17.3 Å². The number of rotatable bonds is 5. The van der Waals surface area contributed by atoms with Crippen LogP contribution in [0.15, 0.2) is 18.2 Å². The lowest BCUT2D eigenvalue weighted by atomic mass is 9.89. The molecule has 0 aliphatic heterocycles. The molecule has 96 valence electrons. The summed E-state index contributed by atoms with van der Waals surface area (Å²) in [4.78, 5) is 1.87. The summed E-state index contributed by atoms with van der Waals surface area (Å²) in [5.41, 5.74) is 6.28. The second kappa shape index (κ2) is 5.69. The zero-order valence-corrected chi connectivity index (χ0v) is 11.4. The van der Waals surface area contributed by atoms with Crippen molar-refractivity contribution < 1.29 is 4.39 Å². The van der Waals surface area contributed by atoms with Crippen LogP contribution in [0.4, 0.5) is 10.1 Å². The highest BCUT2D eigenvalue weighted by Crippen LogP contribution is 2.25. The number of halogens is 2. The molecule has 0 saturated carbocycles. The average molecular weight is 259 g/mol. The van der Waals surface area contributed by atoms with Crippen molar-refractivity contribution in [2.45, 2.75) is 20.3 Å². The Bertz CT molecular complexity index is 380. The predicted octanol–water partition coefficient (Wildman–Crippen LogP) is 3.29. The van der Waals surface area contributed by atoms with Gasteiger partial charge in [-0.25, -0.2) is 4.39 Å². The Labute approximate surface area is 108 Å². The van der Waals surface area contributed by atoms with Crippen molar-refractivity contribution in [3.8, 4) is 0 Å². The average Bonchev–Trinajstić information content (AvgIpc) is 2.29. The molecule has 1 aromatic rings. The number of hydrogen-bond acceptors (Lipinski definition) is 2. The molecule has 0 aromatic heterocycles. The molecule has 0 atom stereocenters. The SMILES string of the molecule is CN(CCC(C)(C)CN)c1cc(Cl)ccc1F. The lowest BCUT2D eigenvalue weighted by Gasteiger charge is -2.27. The summed E-state index contributed by atoms with van der Waals surface area (Å²) in [6, 6.07) is 4.59. The van der Waals surface area contributed by atoms with Crippen LogP contribution in [0.1, 0.15) is 20.3 Å². The number of anilines is 1. The number of nitrogens with two attached hydrogens (primary N) is 1. The van der Waals surface area contributed by atoms with Gasteiger partial charge in [0.1, 0.15) is 5.82 Å². The van der Waals surface area contributed by atoms with E-state index in [1.165, 1.54) is 6.07 Å². The van der Waals surface area contributed by atoms with Crippen molar-refractivity contribution in [3.05, 3.63) is 29.0 Å². The molecule has 0 amide bonds. The maximum Gasteiger partial charge on any atom is 0.146 e. The van der Waals surface area contributed by atoms with E-state index in [0.29, 0.717) is 17.3 Å². The summed E-state index contributed by atoms with van der Waals surface area (Å²) in [5.74, 6) is -0.248. The van der Waals surface area contributed by atoms with Gasteiger partial charge >= 0.3 is 0 Å². The van der Waals surface area contributed by atoms with E-state index in [2.05, 4.69) is 13.8 Å². The minimum atomic E-state index is -0.248. The molecular formula is C13H20ClFN2. The highest BCUT2D eigenvalue weighted by atomic mass is 35.5. The van der Waals surface area contributed by atoms with Crippen LogP contribution in [-0.2, 0) is 0 Å². The van der Waals surface area contributed by atoms with Crippen LogP contribution >= 0.6 is 11.6 Å². The molecule has 2 N–H and O–H groups in total. The van der Waals surface area contributed by atoms with Crippen molar-refractivity contribution in [3.63, 3.8) is 0 Å². The van der Waals surface area contributed by atoms with E-state index in [1.807, 2.05) is 11.9 Å². The summed E-state index contributed by atoms with van der Waals surface area (Å²) in [7, 11) is 1.86. The smallest absolute Gasteiger partial charge is 0.146 e. The third kappa shape index (κ3) is 4.17. The maximum absolute atomic E-state index is 13.6. The van der Waals surface area contributed by atoms with Gasteiger partial charge in [-0.2, -0.15) is 0 Å². The minimum absolute atomic E-state index is 0.0727. The standard InChI is InChI=1S/C13H20ClFN2/c1-13(2,9-16)6-7-17(3)12-8-10(14)4-5-11(12)15/h4-5,8H,6-7,9,16H2,1-3H3. The van der Waals surface area contributed by atoms with Crippen molar-refractivity contribution in [1.29, 1.82) is 0 Å². The molecule has 0 saturated heterocycles. The van der Waals surface area contributed by atoms with Gasteiger partial charge in [0.05, 0.1) is 5.69 Å².